The highest BCUT2D eigenvalue weighted by atomic mass is 32.2. The van der Waals surface area contributed by atoms with Gasteiger partial charge in [-0.2, -0.15) is 0 Å². The Labute approximate surface area is 189 Å². The highest BCUT2D eigenvalue weighted by Gasteiger charge is 2.19. The summed E-state index contributed by atoms with van der Waals surface area (Å²) in [4.78, 5) is 12.4. The number of anilines is 1. The van der Waals surface area contributed by atoms with Crippen molar-refractivity contribution in [3.63, 3.8) is 0 Å². The lowest BCUT2D eigenvalue weighted by Gasteiger charge is -2.23. The number of nitrogens with zero attached hydrogens (tertiary/aromatic N) is 1. The van der Waals surface area contributed by atoms with E-state index in [2.05, 4.69) is 5.32 Å². The second-order valence-corrected chi connectivity index (χ2v) is 9.57. The van der Waals surface area contributed by atoms with Crippen LogP contribution in [0.15, 0.2) is 72.8 Å². The standard InChI is InChI=1S/C25H28N2O4S/c1-19-7-6-10-24(17-19)31-16-15-26-25(28)21-11-13-23(14-12-21)27(32(3,29)30)18-22-9-5-4-8-20(22)2/h4-14,17H,15-16,18H2,1-3H3,(H,26,28). The highest BCUT2D eigenvalue weighted by molar-refractivity contribution is 7.92. The molecule has 1 N–H and O–H groups in total. The topological polar surface area (TPSA) is 75.7 Å². The third-order valence-electron chi connectivity index (χ3n) is 5.04. The monoisotopic (exact) mass is 452 g/mol. The Hall–Kier alpha value is -3.32. The number of sulfonamides is 1. The normalized spacial score (nSPS) is 11.1. The van der Waals surface area contributed by atoms with Crippen LogP contribution in [0.5, 0.6) is 5.75 Å². The van der Waals surface area contributed by atoms with Crippen LogP contribution in [0.1, 0.15) is 27.0 Å². The number of carbonyl (C=O) groups excluding carboxylic acids is 1. The largest absolute Gasteiger partial charge is 0.492 e. The first-order valence-corrected chi connectivity index (χ1v) is 12.2. The minimum Gasteiger partial charge on any atom is -0.492 e. The van der Waals surface area contributed by atoms with Gasteiger partial charge in [0.2, 0.25) is 10.0 Å². The van der Waals surface area contributed by atoms with Gasteiger partial charge in [0.05, 0.1) is 25.0 Å². The van der Waals surface area contributed by atoms with Gasteiger partial charge in [0.25, 0.3) is 5.91 Å². The number of benzene rings is 3. The number of rotatable bonds is 9. The molecule has 0 bridgehead atoms. The molecular weight excluding hydrogens is 424 g/mol. The maximum absolute atomic E-state index is 12.4. The quantitative estimate of drug-likeness (QED) is 0.497. The summed E-state index contributed by atoms with van der Waals surface area (Å²) in [5.41, 5.74) is 4.01. The predicted octanol–water partition coefficient (Wildman–Crippen LogP) is 4.08. The van der Waals surface area contributed by atoms with Gasteiger partial charge in [-0.3, -0.25) is 9.10 Å². The van der Waals surface area contributed by atoms with Crippen LogP contribution in [-0.2, 0) is 16.6 Å². The van der Waals surface area contributed by atoms with Crippen molar-refractivity contribution in [3.05, 3.63) is 95.1 Å². The first kappa shape index (κ1) is 23.3. The average molecular weight is 453 g/mol. The van der Waals surface area contributed by atoms with Crippen LogP contribution in [0.25, 0.3) is 0 Å². The Bertz CT molecular complexity index is 1170. The van der Waals surface area contributed by atoms with E-state index in [9.17, 15) is 13.2 Å². The first-order valence-electron chi connectivity index (χ1n) is 10.3. The van der Waals surface area contributed by atoms with Crippen LogP contribution in [0.4, 0.5) is 5.69 Å². The SMILES string of the molecule is Cc1cccc(OCCNC(=O)c2ccc(N(Cc3ccccc3C)S(C)(=O)=O)cc2)c1. The summed E-state index contributed by atoms with van der Waals surface area (Å²) in [5, 5.41) is 2.81. The van der Waals surface area contributed by atoms with E-state index >= 15 is 0 Å². The zero-order chi connectivity index (χ0) is 23.1. The lowest BCUT2D eigenvalue weighted by Crippen LogP contribution is -2.30. The Morgan fingerprint density at radius 1 is 0.969 bits per heavy atom. The molecule has 0 unspecified atom stereocenters. The summed E-state index contributed by atoms with van der Waals surface area (Å²) < 4.78 is 31.8. The number of ether oxygens (including phenoxy) is 1. The summed E-state index contributed by atoms with van der Waals surface area (Å²) in [6.07, 6.45) is 1.18. The van der Waals surface area contributed by atoms with Crippen molar-refractivity contribution in [2.24, 2.45) is 0 Å². The third kappa shape index (κ3) is 6.34. The van der Waals surface area contributed by atoms with Crippen molar-refractivity contribution < 1.29 is 17.9 Å². The molecule has 0 aliphatic rings. The molecule has 0 radical (unpaired) electrons. The van der Waals surface area contributed by atoms with Gasteiger partial charge in [-0.15, -0.1) is 0 Å². The van der Waals surface area contributed by atoms with E-state index in [4.69, 9.17) is 4.74 Å². The van der Waals surface area contributed by atoms with Crippen LogP contribution in [0.3, 0.4) is 0 Å². The van der Waals surface area contributed by atoms with Crippen LogP contribution < -0.4 is 14.4 Å². The van der Waals surface area contributed by atoms with E-state index in [0.29, 0.717) is 24.4 Å². The molecule has 0 aliphatic carbocycles. The predicted molar refractivity (Wildman–Crippen MR) is 128 cm³/mol. The van der Waals surface area contributed by atoms with Crippen molar-refractivity contribution in [2.45, 2.75) is 20.4 Å². The van der Waals surface area contributed by atoms with Crippen LogP contribution in [0, 0.1) is 13.8 Å². The second-order valence-electron chi connectivity index (χ2n) is 7.66. The van der Waals surface area contributed by atoms with Gasteiger partial charge in [0.15, 0.2) is 0 Å². The van der Waals surface area contributed by atoms with Crippen molar-refractivity contribution in [3.8, 4) is 5.75 Å². The number of hydrogen-bond acceptors (Lipinski definition) is 4. The molecule has 0 atom stereocenters. The molecule has 0 spiro atoms. The maximum atomic E-state index is 12.4. The number of carbonyl (C=O) groups is 1. The molecule has 3 rings (SSSR count). The summed E-state index contributed by atoms with van der Waals surface area (Å²) in [7, 11) is -3.50. The number of nitrogens with one attached hydrogen (secondary N) is 1. The molecule has 168 valence electrons. The fourth-order valence-electron chi connectivity index (χ4n) is 3.26. The lowest BCUT2D eigenvalue weighted by molar-refractivity contribution is 0.0947. The number of amides is 1. The minimum atomic E-state index is -3.50. The van der Waals surface area contributed by atoms with Crippen molar-refractivity contribution in [2.75, 3.05) is 23.7 Å². The fourth-order valence-corrected chi connectivity index (χ4v) is 4.14. The molecule has 0 saturated carbocycles. The highest BCUT2D eigenvalue weighted by Crippen LogP contribution is 2.22. The fraction of sp³-hybridized carbons (Fsp3) is 0.240. The average Bonchev–Trinajstić information content (AvgIpc) is 2.75. The smallest absolute Gasteiger partial charge is 0.251 e. The van der Waals surface area contributed by atoms with Crippen molar-refractivity contribution in [1.82, 2.24) is 5.32 Å². The summed E-state index contributed by atoms with van der Waals surface area (Å²) in [6, 6.07) is 21.9. The van der Waals surface area contributed by atoms with E-state index in [1.54, 1.807) is 24.3 Å². The summed E-state index contributed by atoms with van der Waals surface area (Å²) >= 11 is 0. The molecule has 7 heteroatoms. The molecule has 1 amide bonds. The van der Waals surface area contributed by atoms with Gasteiger partial charge >= 0.3 is 0 Å². The van der Waals surface area contributed by atoms with Crippen molar-refractivity contribution >= 4 is 21.6 Å². The van der Waals surface area contributed by atoms with E-state index in [1.165, 1.54) is 10.6 Å². The van der Waals surface area contributed by atoms with E-state index in [1.807, 2.05) is 62.4 Å². The van der Waals surface area contributed by atoms with Crippen LogP contribution in [0.2, 0.25) is 0 Å². The zero-order valence-electron chi connectivity index (χ0n) is 18.5. The molecule has 0 fully saturated rings. The molecule has 0 saturated heterocycles. The first-order chi connectivity index (χ1) is 15.2. The molecule has 3 aromatic rings. The molecule has 0 aromatic heterocycles. The van der Waals surface area contributed by atoms with Crippen molar-refractivity contribution in [1.29, 1.82) is 0 Å². The Morgan fingerprint density at radius 3 is 2.34 bits per heavy atom. The van der Waals surface area contributed by atoms with Crippen LogP contribution in [-0.4, -0.2) is 33.7 Å². The Kier molecular flexibility index (Phi) is 7.53. The van der Waals surface area contributed by atoms with Gasteiger partial charge in [-0.1, -0.05) is 36.4 Å². The van der Waals surface area contributed by atoms with Gasteiger partial charge < -0.3 is 10.1 Å². The molecular formula is C25H28N2O4S. The molecule has 6 nitrogen and oxygen atoms in total. The van der Waals surface area contributed by atoms with Gasteiger partial charge in [-0.25, -0.2) is 8.42 Å². The number of hydrogen-bond donors (Lipinski definition) is 1. The van der Waals surface area contributed by atoms with E-state index < -0.39 is 10.0 Å². The molecule has 32 heavy (non-hydrogen) atoms. The maximum Gasteiger partial charge on any atom is 0.251 e. The Morgan fingerprint density at radius 2 is 1.69 bits per heavy atom. The van der Waals surface area contributed by atoms with Gasteiger partial charge in [0.1, 0.15) is 12.4 Å². The second kappa shape index (κ2) is 10.3. The summed E-state index contributed by atoms with van der Waals surface area (Å²) in [6.45, 7) is 4.88. The van der Waals surface area contributed by atoms with Gasteiger partial charge in [0, 0.05) is 5.56 Å². The van der Waals surface area contributed by atoms with Crippen LogP contribution >= 0.6 is 0 Å². The summed E-state index contributed by atoms with van der Waals surface area (Å²) in [5.74, 6) is 0.521. The number of aryl methyl sites for hydroxylation is 2. The van der Waals surface area contributed by atoms with Gasteiger partial charge in [-0.05, 0) is 66.9 Å². The van der Waals surface area contributed by atoms with E-state index in [0.717, 1.165) is 22.4 Å². The molecule has 0 aliphatic heterocycles. The zero-order valence-corrected chi connectivity index (χ0v) is 19.4. The Balaban J connectivity index is 1.61. The lowest BCUT2D eigenvalue weighted by atomic mass is 10.1. The minimum absolute atomic E-state index is 0.230. The molecule has 0 heterocycles. The molecule has 3 aromatic carbocycles. The third-order valence-corrected chi connectivity index (χ3v) is 6.18. The van der Waals surface area contributed by atoms with E-state index in [-0.39, 0.29) is 12.5 Å².